The van der Waals surface area contributed by atoms with Gasteiger partial charge in [-0.3, -0.25) is 9.36 Å². The second-order valence-electron chi connectivity index (χ2n) is 6.28. The number of rotatable bonds is 6. The summed E-state index contributed by atoms with van der Waals surface area (Å²) in [5.74, 6) is -0.282. The Morgan fingerprint density at radius 1 is 1.09 bits per heavy atom. The third-order valence-electron chi connectivity index (χ3n) is 3.50. The molecule has 0 N–H and O–H groups in total. The molecule has 6 heteroatoms. The van der Waals surface area contributed by atoms with Crippen molar-refractivity contribution in [3.05, 3.63) is 35.9 Å². The van der Waals surface area contributed by atoms with Crippen molar-refractivity contribution in [2.24, 2.45) is 0 Å². The zero-order valence-electron chi connectivity index (χ0n) is 14.1. The summed E-state index contributed by atoms with van der Waals surface area (Å²) >= 11 is 0. The first-order valence-corrected chi connectivity index (χ1v) is 9.64. The van der Waals surface area contributed by atoms with Gasteiger partial charge in [-0.15, -0.1) is 0 Å². The van der Waals surface area contributed by atoms with Crippen molar-refractivity contribution in [2.75, 3.05) is 0 Å². The SMILES string of the molecule is CC(C)OP(=O)(OC(C)C)[C@@H]1CCC(=O)O[C@H]1c1ccccc1. The molecule has 0 aliphatic carbocycles. The minimum Gasteiger partial charge on any atom is -0.456 e. The maximum Gasteiger partial charge on any atom is 0.338 e. The summed E-state index contributed by atoms with van der Waals surface area (Å²) in [4.78, 5) is 11.8. The molecule has 5 nitrogen and oxygen atoms in total. The fraction of sp³-hybridized carbons (Fsp3) is 0.588. The number of ether oxygens (including phenoxy) is 1. The first-order chi connectivity index (χ1) is 10.8. The van der Waals surface area contributed by atoms with Gasteiger partial charge in [-0.05, 0) is 39.7 Å². The minimum absolute atomic E-state index is 0.223. The molecule has 0 amide bonds. The van der Waals surface area contributed by atoms with E-state index in [2.05, 4.69) is 0 Å². The van der Waals surface area contributed by atoms with Gasteiger partial charge < -0.3 is 13.8 Å². The molecule has 1 aliphatic rings. The van der Waals surface area contributed by atoms with Crippen LogP contribution < -0.4 is 0 Å². The normalized spacial score (nSPS) is 22.4. The monoisotopic (exact) mass is 340 g/mol. The predicted molar refractivity (Wildman–Crippen MR) is 88.3 cm³/mol. The number of cyclic esters (lactones) is 1. The number of carbonyl (C=O) groups is 1. The molecule has 1 aromatic carbocycles. The van der Waals surface area contributed by atoms with Gasteiger partial charge in [0, 0.05) is 6.42 Å². The summed E-state index contributed by atoms with van der Waals surface area (Å²) in [5.41, 5.74) is 0.317. The van der Waals surface area contributed by atoms with Crippen LogP contribution in [0.3, 0.4) is 0 Å². The van der Waals surface area contributed by atoms with E-state index >= 15 is 0 Å². The summed E-state index contributed by atoms with van der Waals surface area (Å²) in [5, 5.41) is 0. The molecule has 0 bridgehead atoms. The first kappa shape index (κ1) is 18.2. The molecule has 0 radical (unpaired) electrons. The Hall–Kier alpha value is -1.16. The number of benzene rings is 1. The van der Waals surface area contributed by atoms with Gasteiger partial charge in [0.25, 0.3) is 0 Å². The van der Waals surface area contributed by atoms with Crippen LogP contribution in [0.2, 0.25) is 0 Å². The lowest BCUT2D eigenvalue weighted by atomic mass is 10.0. The standard InChI is InChI=1S/C17H25O5P/c1-12(2)21-23(19,22-13(3)4)15-10-11-16(18)20-17(15)14-8-6-5-7-9-14/h5-9,12-13,15,17H,10-11H2,1-4H3/t15-,17+/m1/s1. The Labute approximate surface area is 137 Å². The van der Waals surface area contributed by atoms with E-state index in [0.29, 0.717) is 6.42 Å². The van der Waals surface area contributed by atoms with E-state index in [1.54, 1.807) is 0 Å². The van der Waals surface area contributed by atoms with Crippen LogP contribution in [0.25, 0.3) is 0 Å². The third kappa shape index (κ3) is 4.66. The summed E-state index contributed by atoms with van der Waals surface area (Å²) in [7, 11) is -3.43. The van der Waals surface area contributed by atoms with Crippen LogP contribution in [-0.2, 0) is 23.1 Å². The zero-order chi connectivity index (χ0) is 17.0. The molecule has 2 atom stereocenters. The molecule has 1 heterocycles. The van der Waals surface area contributed by atoms with E-state index in [4.69, 9.17) is 13.8 Å². The lowest BCUT2D eigenvalue weighted by Gasteiger charge is -2.37. The lowest BCUT2D eigenvalue weighted by molar-refractivity contribution is -0.154. The highest BCUT2D eigenvalue weighted by Gasteiger charge is 2.47. The Bertz CT molecular complexity index is 556. The molecule has 0 unspecified atom stereocenters. The van der Waals surface area contributed by atoms with Gasteiger partial charge in [0.15, 0.2) is 0 Å². The fourth-order valence-electron chi connectivity index (χ4n) is 2.72. The molecule has 1 saturated heterocycles. The Balaban J connectivity index is 2.37. The highest BCUT2D eigenvalue weighted by molar-refractivity contribution is 7.54. The highest BCUT2D eigenvalue weighted by atomic mass is 31.2. The second-order valence-corrected chi connectivity index (χ2v) is 8.44. The molecular weight excluding hydrogens is 315 g/mol. The zero-order valence-corrected chi connectivity index (χ0v) is 15.0. The van der Waals surface area contributed by atoms with Crippen LogP contribution in [0.4, 0.5) is 0 Å². The van der Waals surface area contributed by atoms with Crippen molar-refractivity contribution in [3.63, 3.8) is 0 Å². The van der Waals surface area contributed by atoms with Crippen molar-refractivity contribution >= 4 is 13.6 Å². The topological polar surface area (TPSA) is 61.8 Å². The van der Waals surface area contributed by atoms with E-state index < -0.39 is 19.4 Å². The Morgan fingerprint density at radius 2 is 1.65 bits per heavy atom. The lowest BCUT2D eigenvalue weighted by Crippen LogP contribution is -2.32. The highest BCUT2D eigenvalue weighted by Crippen LogP contribution is 2.61. The number of hydrogen-bond acceptors (Lipinski definition) is 5. The second kappa shape index (κ2) is 7.61. The van der Waals surface area contributed by atoms with E-state index in [0.717, 1.165) is 5.56 Å². The van der Waals surface area contributed by atoms with Crippen molar-refractivity contribution in [2.45, 2.75) is 64.5 Å². The van der Waals surface area contributed by atoms with Gasteiger partial charge in [-0.1, -0.05) is 30.3 Å². The maximum atomic E-state index is 13.4. The molecule has 0 saturated carbocycles. The molecule has 2 rings (SSSR count). The fourth-order valence-corrected chi connectivity index (χ4v) is 5.27. The van der Waals surface area contributed by atoms with E-state index in [1.165, 1.54) is 0 Å². The quantitative estimate of drug-likeness (QED) is 0.564. The first-order valence-electron chi connectivity index (χ1n) is 8.03. The minimum atomic E-state index is -3.43. The van der Waals surface area contributed by atoms with Crippen LogP contribution in [0.5, 0.6) is 0 Å². The van der Waals surface area contributed by atoms with Crippen LogP contribution in [0.1, 0.15) is 52.2 Å². The van der Waals surface area contributed by atoms with Gasteiger partial charge in [-0.25, -0.2) is 0 Å². The number of hydrogen-bond donors (Lipinski definition) is 0. The molecule has 1 aromatic rings. The van der Waals surface area contributed by atoms with Gasteiger partial charge in [0.05, 0.1) is 12.2 Å². The van der Waals surface area contributed by atoms with E-state index in [1.807, 2.05) is 58.0 Å². The summed E-state index contributed by atoms with van der Waals surface area (Å²) in [6.45, 7) is 7.29. The summed E-state index contributed by atoms with van der Waals surface area (Å²) < 4.78 is 30.4. The molecule has 0 aromatic heterocycles. The van der Waals surface area contributed by atoms with Crippen molar-refractivity contribution < 1.29 is 23.1 Å². The molecular formula is C17H25O5P. The average molecular weight is 340 g/mol. The largest absolute Gasteiger partial charge is 0.456 e. The van der Waals surface area contributed by atoms with Crippen molar-refractivity contribution in [1.82, 2.24) is 0 Å². The number of esters is 1. The van der Waals surface area contributed by atoms with Gasteiger partial charge >= 0.3 is 13.6 Å². The molecule has 128 valence electrons. The van der Waals surface area contributed by atoms with Crippen LogP contribution in [0.15, 0.2) is 30.3 Å². The Kier molecular flexibility index (Phi) is 6.01. The van der Waals surface area contributed by atoms with Crippen molar-refractivity contribution in [3.8, 4) is 0 Å². The van der Waals surface area contributed by atoms with E-state index in [-0.39, 0.29) is 24.6 Å². The van der Waals surface area contributed by atoms with Crippen LogP contribution in [-0.4, -0.2) is 23.8 Å². The third-order valence-corrected chi connectivity index (χ3v) is 6.27. The average Bonchev–Trinajstić information content (AvgIpc) is 2.46. The summed E-state index contributed by atoms with van der Waals surface area (Å²) in [6, 6.07) is 9.35. The molecule has 23 heavy (non-hydrogen) atoms. The maximum absolute atomic E-state index is 13.4. The van der Waals surface area contributed by atoms with Crippen LogP contribution >= 0.6 is 7.60 Å². The number of carbonyl (C=O) groups excluding carboxylic acids is 1. The molecule has 1 fully saturated rings. The molecule has 0 spiro atoms. The molecule has 1 aliphatic heterocycles. The van der Waals surface area contributed by atoms with Crippen molar-refractivity contribution in [1.29, 1.82) is 0 Å². The van der Waals surface area contributed by atoms with Gasteiger partial charge in [0.2, 0.25) is 0 Å². The van der Waals surface area contributed by atoms with Gasteiger partial charge in [-0.2, -0.15) is 0 Å². The predicted octanol–water partition coefficient (Wildman–Crippen LogP) is 4.48. The Morgan fingerprint density at radius 3 is 2.17 bits per heavy atom. The summed E-state index contributed by atoms with van der Waals surface area (Å²) in [6.07, 6.45) is -0.446. The van der Waals surface area contributed by atoms with Crippen LogP contribution in [0, 0.1) is 0 Å². The van der Waals surface area contributed by atoms with E-state index in [9.17, 15) is 9.36 Å². The smallest absolute Gasteiger partial charge is 0.338 e. The van der Waals surface area contributed by atoms with Gasteiger partial charge in [0.1, 0.15) is 11.8 Å².